The van der Waals surface area contributed by atoms with Crippen LogP contribution in [0.1, 0.15) is 35.8 Å². The van der Waals surface area contributed by atoms with Gasteiger partial charge in [0.1, 0.15) is 11.8 Å². The fourth-order valence-electron chi connectivity index (χ4n) is 2.34. The van der Waals surface area contributed by atoms with Crippen molar-refractivity contribution >= 4 is 11.6 Å². The van der Waals surface area contributed by atoms with Gasteiger partial charge in [-0.3, -0.25) is 4.79 Å². The van der Waals surface area contributed by atoms with E-state index in [4.69, 9.17) is 0 Å². The molecule has 1 aromatic carbocycles. The van der Waals surface area contributed by atoms with Crippen LogP contribution in [0.2, 0.25) is 0 Å². The molecule has 2 rings (SSSR count). The number of hydrogen-bond acceptors (Lipinski definition) is 3. The van der Waals surface area contributed by atoms with Crippen LogP contribution in [0.15, 0.2) is 36.5 Å². The SMILES string of the molecule is CCCCNC(=O)c1c(C#N)ccn1-c1ccc(N(C)C)cc1. The zero-order valence-corrected chi connectivity index (χ0v) is 13.8. The van der Waals surface area contributed by atoms with Crippen LogP contribution >= 0.6 is 0 Å². The van der Waals surface area contributed by atoms with E-state index in [9.17, 15) is 10.1 Å². The lowest BCUT2D eigenvalue weighted by Crippen LogP contribution is -2.27. The van der Waals surface area contributed by atoms with Crippen LogP contribution < -0.4 is 10.2 Å². The second-order valence-corrected chi connectivity index (χ2v) is 5.58. The highest BCUT2D eigenvalue weighted by Crippen LogP contribution is 2.20. The van der Waals surface area contributed by atoms with Crippen molar-refractivity contribution in [1.82, 2.24) is 9.88 Å². The van der Waals surface area contributed by atoms with Gasteiger partial charge in [0.25, 0.3) is 5.91 Å². The Hall–Kier alpha value is -2.74. The maximum atomic E-state index is 12.4. The van der Waals surface area contributed by atoms with Gasteiger partial charge in [-0.1, -0.05) is 13.3 Å². The van der Waals surface area contributed by atoms with E-state index in [0.29, 0.717) is 17.8 Å². The lowest BCUT2D eigenvalue weighted by molar-refractivity contribution is 0.0946. The first-order valence-corrected chi connectivity index (χ1v) is 7.76. The van der Waals surface area contributed by atoms with Crippen molar-refractivity contribution in [3.63, 3.8) is 0 Å². The third kappa shape index (κ3) is 3.72. The molecular weight excluding hydrogens is 288 g/mol. The van der Waals surface area contributed by atoms with Crippen LogP contribution in [0.25, 0.3) is 5.69 Å². The molecule has 5 heteroatoms. The van der Waals surface area contributed by atoms with Gasteiger partial charge < -0.3 is 14.8 Å². The van der Waals surface area contributed by atoms with Gasteiger partial charge in [0, 0.05) is 38.2 Å². The highest BCUT2D eigenvalue weighted by Gasteiger charge is 2.17. The second kappa shape index (κ2) is 7.50. The fourth-order valence-corrected chi connectivity index (χ4v) is 2.34. The monoisotopic (exact) mass is 310 g/mol. The molecule has 1 N–H and O–H groups in total. The van der Waals surface area contributed by atoms with E-state index in [1.54, 1.807) is 16.8 Å². The first kappa shape index (κ1) is 16.6. The van der Waals surface area contributed by atoms with Crippen LogP contribution in [0.5, 0.6) is 0 Å². The molecule has 0 atom stereocenters. The molecule has 1 heterocycles. The Morgan fingerprint density at radius 2 is 1.96 bits per heavy atom. The number of aromatic nitrogens is 1. The van der Waals surface area contributed by atoms with E-state index in [-0.39, 0.29) is 5.91 Å². The van der Waals surface area contributed by atoms with Gasteiger partial charge in [-0.25, -0.2) is 0 Å². The van der Waals surface area contributed by atoms with E-state index >= 15 is 0 Å². The Morgan fingerprint density at radius 3 is 2.52 bits per heavy atom. The number of hydrogen-bond donors (Lipinski definition) is 1. The number of nitrogens with one attached hydrogen (secondary N) is 1. The molecule has 0 bridgehead atoms. The van der Waals surface area contributed by atoms with Crippen molar-refractivity contribution in [1.29, 1.82) is 5.26 Å². The molecule has 0 aliphatic carbocycles. The third-order valence-electron chi connectivity index (χ3n) is 3.68. The minimum atomic E-state index is -0.211. The van der Waals surface area contributed by atoms with E-state index < -0.39 is 0 Å². The Labute approximate surface area is 137 Å². The van der Waals surface area contributed by atoms with Crippen LogP contribution in [-0.2, 0) is 0 Å². The predicted octanol–water partition coefficient (Wildman–Crippen LogP) is 2.94. The van der Waals surface area contributed by atoms with E-state index in [1.807, 2.05) is 43.3 Å². The molecule has 120 valence electrons. The van der Waals surface area contributed by atoms with Gasteiger partial charge in [-0.15, -0.1) is 0 Å². The highest BCUT2D eigenvalue weighted by atomic mass is 16.1. The zero-order valence-electron chi connectivity index (χ0n) is 13.8. The lowest BCUT2D eigenvalue weighted by Gasteiger charge is -2.14. The van der Waals surface area contributed by atoms with Gasteiger partial charge in [0.2, 0.25) is 0 Å². The van der Waals surface area contributed by atoms with Crippen molar-refractivity contribution < 1.29 is 4.79 Å². The standard InChI is InChI=1S/C18H22N4O/c1-4-5-11-20-18(23)17-14(13-19)10-12-22(17)16-8-6-15(7-9-16)21(2)3/h6-10,12H,4-5,11H2,1-3H3,(H,20,23). The number of unbranched alkanes of at least 4 members (excludes halogenated alkanes) is 1. The molecule has 1 aromatic heterocycles. The molecular formula is C18H22N4O. The molecule has 0 spiro atoms. The molecule has 5 nitrogen and oxygen atoms in total. The summed E-state index contributed by atoms with van der Waals surface area (Å²) in [5, 5.41) is 12.1. The summed E-state index contributed by atoms with van der Waals surface area (Å²) < 4.78 is 1.76. The van der Waals surface area contributed by atoms with E-state index in [2.05, 4.69) is 18.3 Å². The molecule has 2 aromatic rings. The van der Waals surface area contributed by atoms with Crippen molar-refractivity contribution in [3.05, 3.63) is 47.8 Å². The molecule has 0 aliphatic rings. The number of carbonyl (C=O) groups is 1. The Bertz CT molecular complexity index is 708. The van der Waals surface area contributed by atoms with Crippen molar-refractivity contribution in [2.75, 3.05) is 25.5 Å². The van der Waals surface area contributed by atoms with Gasteiger partial charge >= 0.3 is 0 Å². The summed E-state index contributed by atoms with van der Waals surface area (Å²) in [6.07, 6.45) is 3.70. The van der Waals surface area contributed by atoms with E-state index in [1.165, 1.54) is 0 Å². The first-order chi connectivity index (χ1) is 11.1. The molecule has 0 unspecified atom stereocenters. The minimum absolute atomic E-state index is 0.211. The number of carbonyl (C=O) groups excluding carboxylic acids is 1. The van der Waals surface area contributed by atoms with Crippen LogP contribution in [0.3, 0.4) is 0 Å². The smallest absolute Gasteiger partial charge is 0.269 e. The summed E-state index contributed by atoms with van der Waals surface area (Å²) >= 11 is 0. The summed E-state index contributed by atoms with van der Waals surface area (Å²) in [4.78, 5) is 14.5. The maximum Gasteiger partial charge on any atom is 0.269 e. The van der Waals surface area contributed by atoms with Gasteiger partial charge in [0.15, 0.2) is 0 Å². The zero-order chi connectivity index (χ0) is 16.8. The molecule has 0 radical (unpaired) electrons. The largest absolute Gasteiger partial charge is 0.378 e. The Morgan fingerprint density at radius 1 is 1.26 bits per heavy atom. The van der Waals surface area contributed by atoms with Crippen LogP contribution in [0, 0.1) is 11.3 Å². The lowest BCUT2D eigenvalue weighted by atomic mass is 10.2. The van der Waals surface area contributed by atoms with Gasteiger partial charge in [-0.2, -0.15) is 5.26 Å². The number of nitrogens with zero attached hydrogens (tertiary/aromatic N) is 3. The summed E-state index contributed by atoms with van der Waals surface area (Å²) in [6.45, 7) is 2.69. The summed E-state index contributed by atoms with van der Waals surface area (Å²) in [5.74, 6) is -0.211. The molecule has 0 saturated heterocycles. The molecule has 0 fully saturated rings. The fraction of sp³-hybridized carbons (Fsp3) is 0.333. The maximum absolute atomic E-state index is 12.4. The highest BCUT2D eigenvalue weighted by molar-refractivity contribution is 5.95. The molecule has 23 heavy (non-hydrogen) atoms. The second-order valence-electron chi connectivity index (χ2n) is 5.58. The number of nitriles is 1. The number of benzene rings is 1. The van der Waals surface area contributed by atoms with E-state index in [0.717, 1.165) is 24.2 Å². The van der Waals surface area contributed by atoms with Crippen molar-refractivity contribution in [2.45, 2.75) is 19.8 Å². The number of amides is 1. The molecule has 1 amide bonds. The third-order valence-corrected chi connectivity index (χ3v) is 3.68. The average molecular weight is 310 g/mol. The summed E-state index contributed by atoms with van der Waals surface area (Å²) in [5.41, 5.74) is 2.71. The van der Waals surface area contributed by atoms with Crippen molar-refractivity contribution in [2.24, 2.45) is 0 Å². The number of anilines is 1. The first-order valence-electron chi connectivity index (χ1n) is 7.76. The minimum Gasteiger partial charge on any atom is -0.378 e. The molecule has 0 aliphatic heterocycles. The van der Waals surface area contributed by atoms with Crippen molar-refractivity contribution in [3.8, 4) is 11.8 Å². The Kier molecular flexibility index (Phi) is 5.42. The topological polar surface area (TPSA) is 61.1 Å². The Balaban J connectivity index is 2.34. The summed E-state index contributed by atoms with van der Waals surface area (Å²) in [7, 11) is 3.95. The van der Waals surface area contributed by atoms with Gasteiger partial charge in [0.05, 0.1) is 5.56 Å². The normalized spacial score (nSPS) is 10.2. The number of rotatable bonds is 6. The molecule has 0 saturated carbocycles. The summed E-state index contributed by atoms with van der Waals surface area (Å²) in [6, 6.07) is 11.6. The van der Waals surface area contributed by atoms with Crippen LogP contribution in [0.4, 0.5) is 5.69 Å². The van der Waals surface area contributed by atoms with Crippen LogP contribution in [-0.4, -0.2) is 31.1 Å². The quantitative estimate of drug-likeness (QED) is 0.834. The van der Waals surface area contributed by atoms with Gasteiger partial charge in [-0.05, 0) is 36.8 Å². The average Bonchev–Trinajstić information content (AvgIpc) is 2.99. The predicted molar refractivity (Wildman–Crippen MR) is 92.1 cm³/mol.